The lowest BCUT2D eigenvalue weighted by Gasteiger charge is -2.13. The fourth-order valence-corrected chi connectivity index (χ4v) is 3.20. The minimum absolute atomic E-state index is 0.0858. The Morgan fingerprint density at radius 3 is 2.44 bits per heavy atom. The van der Waals surface area contributed by atoms with Gasteiger partial charge in [0.1, 0.15) is 6.54 Å². The minimum atomic E-state index is -0.947. The van der Waals surface area contributed by atoms with E-state index in [1.165, 1.54) is 18.4 Å². The zero-order chi connectivity index (χ0) is 20.0. The second-order valence-electron chi connectivity index (χ2n) is 6.16. The van der Waals surface area contributed by atoms with Gasteiger partial charge in [0.05, 0.1) is 0 Å². The van der Waals surface area contributed by atoms with Crippen molar-refractivity contribution in [1.29, 1.82) is 0 Å². The number of aryl methyl sites for hydroxylation is 1. The van der Waals surface area contributed by atoms with Crippen molar-refractivity contribution in [1.82, 2.24) is 9.88 Å². The Kier molecular flexibility index (Phi) is 7.06. The Bertz CT molecular complexity index is 882. The molecule has 1 atom stereocenters. The molecule has 0 saturated heterocycles. The Morgan fingerprint density at radius 1 is 1.22 bits per heavy atom. The molecular formula is C19H22N2O5S. The summed E-state index contributed by atoms with van der Waals surface area (Å²) in [5.41, 5.74) is 2.09. The number of Topliss-reactive ketones (excluding diaryl/α,β-unsaturated/α-hetero) is 1. The summed E-state index contributed by atoms with van der Waals surface area (Å²) in [5, 5.41) is 4.37. The first kappa shape index (κ1) is 20.6. The van der Waals surface area contributed by atoms with Gasteiger partial charge in [-0.15, -0.1) is 0 Å². The number of nitrogens with one attached hydrogen (secondary N) is 1. The smallest absolute Gasteiger partial charge is 0.326 e. The molecule has 8 heteroatoms. The third-order valence-corrected chi connectivity index (χ3v) is 4.85. The summed E-state index contributed by atoms with van der Waals surface area (Å²) in [4.78, 5) is 46.7. The number of benzene rings is 1. The molecule has 27 heavy (non-hydrogen) atoms. The van der Waals surface area contributed by atoms with Crippen LogP contribution in [-0.2, 0) is 27.3 Å². The van der Waals surface area contributed by atoms with Crippen LogP contribution in [0.2, 0.25) is 0 Å². The number of ketones is 1. The maximum atomic E-state index is 12.4. The van der Waals surface area contributed by atoms with E-state index >= 15 is 0 Å². The summed E-state index contributed by atoms with van der Waals surface area (Å²) in [6.07, 6.45) is -0.287. The van der Waals surface area contributed by atoms with Crippen LogP contribution < -0.4 is 10.2 Å². The predicted octanol–water partition coefficient (Wildman–Crippen LogP) is 1.71. The molecule has 1 aromatic heterocycles. The molecule has 0 aliphatic rings. The second kappa shape index (κ2) is 9.27. The summed E-state index contributed by atoms with van der Waals surface area (Å²) in [5.74, 6) is -1.03. The molecule has 0 bridgehead atoms. The maximum Gasteiger partial charge on any atom is 0.326 e. The van der Waals surface area contributed by atoms with Crippen LogP contribution in [0.1, 0.15) is 35.5 Å². The second-order valence-corrected chi connectivity index (χ2v) is 6.98. The quantitative estimate of drug-likeness (QED) is 0.547. The zero-order valence-corrected chi connectivity index (χ0v) is 16.3. The Labute approximate surface area is 161 Å². The molecule has 1 aromatic carbocycles. The molecule has 0 fully saturated rings. The monoisotopic (exact) mass is 390 g/mol. The van der Waals surface area contributed by atoms with Crippen molar-refractivity contribution in [3.63, 3.8) is 0 Å². The highest BCUT2D eigenvalue weighted by molar-refractivity contribution is 7.07. The molecule has 0 radical (unpaired) electrons. The van der Waals surface area contributed by atoms with Crippen molar-refractivity contribution in [2.75, 3.05) is 6.54 Å². The van der Waals surface area contributed by atoms with E-state index in [1.807, 2.05) is 0 Å². The van der Waals surface area contributed by atoms with Crippen molar-refractivity contribution in [3.05, 3.63) is 56.1 Å². The molecule has 7 nitrogen and oxygen atoms in total. The van der Waals surface area contributed by atoms with Crippen molar-refractivity contribution in [2.24, 2.45) is 0 Å². The molecule has 2 rings (SSSR count). The van der Waals surface area contributed by atoms with Crippen LogP contribution >= 0.6 is 11.3 Å². The molecule has 0 spiro atoms. The van der Waals surface area contributed by atoms with Gasteiger partial charge in [-0.05, 0) is 25.8 Å². The number of hydrogen-bond acceptors (Lipinski definition) is 6. The van der Waals surface area contributed by atoms with E-state index in [0.717, 1.165) is 16.9 Å². The standard InChI is InChI=1S/C19H22N2O5S/c1-12-11-27-19(25)21(12)10-17(23)26-13(2)18(24)16-6-4-15(5-7-16)8-9-20-14(3)22/h4-7,11,13H,8-10H2,1-3H3,(H,20,22)/t13-/m0/s1. The highest BCUT2D eigenvalue weighted by Gasteiger charge is 2.20. The number of hydrogen-bond donors (Lipinski definition) is 1. The van der Waals surface area contributed by atoms with Gasteiger partial charge in [0.15, 0.2) is 6.10 Å². The average Bonchev–Trinajstić information content (AvgIpc) is 2.93. The van der Waals surface area contributed by atoms with Crippen LogP contribution in [0.5, 0.6) is 0 Å². The van der Waals surface area contributed by atoms with Gasteiger partial charge >= 0.3 is 10.8 Å². The van der Waals surface area contributed by atoms with Crippen LogP contribution in [0.3, 0.4) is 0 Å². The maximum absolute atomic E-state index is 12.4. The highest BCUT2D eigenvalue weighted by atomic mass is 32.1. The Balaban J connectivity index is 1.91. The molecule has 0 aliphatic carbocycles. The first-order valence-corrected chi connectivity index (χ1v) is 9.38. The molecule has 0 unspecified atom stereocenters. The number of ether oxygens (including phenoxy) is 1. The lowest BCUT2D eigenvalue weighted by atomic mass is 10.0. The highest BCUT2D eigenvalue weighted by Crippen LogP contribution is 2.10. The third-order valence-electron chi connectivity index (χ3n) is 3.97. The summed E-state index contributed by atoms with van der Waals surface area (Å²) >= 11 is 1.01. The van der Waals surface area contributed by atoms with Crippen LogP contribution in [0.25, 0.3) is 0 Å². The molecule has 1 amide bonds. The number of rotatable bonds is 8. The molecule has 1 N–H and O–H groups in total. The summed E-state index contributed by atoms with van der Waals surface area (Å²) in [7, 11) is 0. The number of esters is 1. The average molecular weight is 390 g/mol. The van der Waals surface area contributed by atoms with E-state index in [2.05, 4.69) is 5.32 Å². The van der Waals surface area contributed by atoms with E-state index in [9.17, 15) is 19.2 Å². The SMILES string of the molecule is CC(=O)NCCc1ccc(C(=O)[C@H](C)OC(=O)Cn2c(C)csc2=O)cc1. The first-order chi connectivity index (χ1) is 12.8. The van der Waals surface area contributed by atoms with E-state index in [0.29, 0.717) is 24.2 Å². The largest absolute Gasteiger partial charge is 0.453 e. The Hall–Kier alpha value is -2.74. The summed E-state index contributed by atoms with van der Waals surface area (Å²) < 4.78 is 6.49. The molecule has 0 aliphatic heterocycles. The fraction of sp³-hybridized carbons (Fsp3) is 0.368. The van der Waals surface area contributed by atoms with Gasteiger partial charge in [-0.25, -0.2) is 0 Å². The number of carbonyl (C=O) groups is 3. The van der Waals surface area contributed by atoms with Gasteiger partial charge in [-0.3, -0.25) is 23.7 Å². The zero-order valence-electron chi connectivity index (χ0n) is 15.5. The number of aromatic nitrogens is 1. The summed E-state index contributed by atoms with van der Waals surface area (Å²) in [6.45, 7) is 5.01. The predicted molar refractivity (Wildman–Crippen MR) is 102 cm³/mol. The van der Waals surface area contributed by atoms with Crippen LogP contribution in [0.15, 0.2) is 34.4 Å². The van der Waals surface area contributed by atoms with Gasteiger partial charge < -0.3 is 10.1 Å². The van der Waals surface area contributed by atoms with Crippen molar-refractivity contribution in [3.8, 4) is 0 Å². The number of amides is 1. The topological polar surface area (TPSA) is 94.5 Å². The lowest BCUT2D eigenvalue weighted by molar-refractivity contribution is -0.147. The van der Waals surface area contributed by atoms with Crippen LogP contribution in [-0.4, -0.2) is 34.9 Å². The van der Waals surface area contributed by atoms with Gasteiger partial charge in [0.25, 0.3) is 0 Å². The molecule has 0 saturated carbocycles. The van der Waals surface area contributed by atoms with Gasteiger partial charge in [0.2, 0.25) is 11.7 Å². The normalized spacial score (nSPS) is 11.7. The number of thiazole rings is 1. The van der Waals surface area contributed by atoms with E-state index < -0.39 is 12.1 Å². The van der Waals surface area contributed by atoms with Gasteiger partial charge in [-0.1, -0.05) is 35.6 Å². The molecule has 1 heterocycles. The number of carbonyl (C=O) groups excluding carboxylic acids is 3. The van der Waals surface area contributed by atoms with E-state index in [-0.39, 0.29) is 23.1 Å². The van der Waals surface area contributed by atoms with Gasteiger partial charge in [-0.2, -0.15) is 0 Å². The summed E-state index contributed by atoms with van der Waals surface area (Å²) in [6, 6.07) is 6.95. The van der Waals surface area contributed by atoms with Crippen molar-refractivity contribution >= 4 is 29.0 Å². The molecule has 144 valence electrons. The van der Waals surface area contributed by atoms with Crippen molar-refractivity contribution < 1.29 is 19.1 Å². The lowest BCUT2D eigenvalue weighted by Crippen LogP contribution is -2.29. The molecule has 2 aromatic rings. The van der Waals surface area contributed by atoms with Crippen LogP contribution in [0, 0.1) is 6.92 Å². The number of nitrogens with zero attached hydrogens (tertiary/aromatic N) is 1. The third kappa shape index (κ3) is 5.89. The van der Waals surface area contributed by atoms with E-state index in [4.69, 9.17) is 4.74 Å². The fourth-order valence-electron chi connectivity index (χ4n) is 2.47. The minimum Gasteiger partial charge on any atom is -0.453 e. The first-order valence-electron chi connectivity index (χ1n) is 8.50. The molecular weight excluding hydrogens is 368 g/mol. The van der Waals surface area contributed by atoms with Crippen molar-refractivity contribution in [2.45, 2.75) is 39.8 Å². The van der Waals surface area contributed by atoms with E-state index in [1.54, 1.807) is 36.6 Å². The Morgan fingerprint density at radius 2 is 1.89 bits per heavy atom. The van der Waals surface area contributed by atoms with Gasteiger partial charge in [0, 0.05) is 30.1 Å². The van der Waals surface area contributed by atoms with Crippen LogP contribution in [0.4, 0.5) is 0 Å².